The zero-order chi connectivity index (χ0) is 22.2. The van der Waals surface area contributed by atoms with E-state index in [1.54, 1.807) is 17.7 Å². The number of allylic oxidation sites excluding steroid dienone is 2. The number of fused-ring (bicyclic) bond motifs is 1. The summed E-state index contributed by atoms with van der Waals surface area (Å²) in [6.07, 6.45) is -4.50. The summed E-state index contributed by atoms with van der Waals surface area (Å²) < 4.78 is 40.4. The van der Waals surface area contributed by atoms with Crippen LogP contribution in [-0.4, -0.2) is 34.9 Å². The summed E-state index contributed by atoms with van der Waals surface area (Å²) in [6, 6.07) is 13.7. The Bertz CT molecular complexity index is 1340. The lowest BCUT2D eigenvalue weighted by Gasteiger charge is -2.06. The Balaban J connectivity index is 1.65. The van der Waals surface area contributed by atoms with Gasteiger partial charge in [0.1, 0.15) is 23.9 Å². The third-order valence-corrected chi connectivity index (χ3v) is 4.60. The smallest absolute Gasteiger partial charge is 0.416 e. The van der Waals surface area contributed by atoms with E-state index in [9.17, 15) is 23.5 Å². The fraction of sp³-hybridized carbons (Fsp3) is 0.150. The van der Waals surface area contributed by atoms with Gasteiger partial charge in [0.05, 0.1) is 16.6 Å². The van der Waals surface area contributed by atoms with Gasteiger partial charge < -0.3 is 9.67 Å². The van der Waals surface area contributed by atoms with Crippen LogP contribution < -0.4 is 0 Å². The minimum atomic E-state index is -4.50. The molecule has 0 saturated heterocycles. The SMILES string of the molecule is Cn1c(/C(C#N)=C(/O)Cn2nnc(-c3cccc(C(F)(F)F)c3)n2)nc2ccccc21. The number of aliphatic hydroxyl groups excluding tert-OH is 1. The molecule has 11 heteroatoms. The maximum absolute atomic E-state index is 12.9. The Morgan fingerprint density at radius 1 is 1.16 bits per heavy atom. The fourth-order valence-electron chi connectivity index (χ4n) is 3.09. The molecule has 8 nitrogen and oxygen atoms in total. The van der Waals surface area contributed by atoms with Crippen molar-refractivity contribution in [2.24, 2.45) is 7.05 Å². The monoisotopic (exact) mass is 425 g/mol. The lowest BCUT2D eigenvalue weighted by molar-refractivity contribution is -0.137. The van der Waals surface area contributed by atoms with Gasteiger partial charge in [0.15, 0.2) is 5.82 Å². The zero-order valence-corrected chi connectivity index (χ0v) is 16.0. The van der Waals surface area contributed by atoms with Gasteiger partial charge in [-0.3, -0.25) is 0 Å². The van der Waals surface area contributed by atoms with Crippen molar-refractivity contribution in [3.63, 3.8) is 0 Å². The molecule has 0 aliphatic carbocycles. The maximum Gasteiger partial charge on any atom is 0.416 e. The lowest BCUT2D eigenvalue weighted by Crippen LogP contribution is -2.08. The highest BCUT2D eigenvalue weighted by molar-refractivity contribution is 5.83. The van der Waals surface area contributed by atoms with Crippen LogP contribution in [0.4, 0.5) is 13.2 Å². The molecule has 0 amide bonds. The van der Waals surface area contributed by atoms with E-state index < -0.39 is 11.7 Å². The van der Waals surface area contributed by atoms with Crippen LogP contribution in [0.25, 0.3) is 28.0 Å². The van der Waals surface area contributed by atoms with Gasteiger partial charge in [-0.2, -0.15) is 23.2 Å². The summed E-state index contributed by atoms with van der Waals surface area (Å²) in [5.74, 6) is -0.131. The molecule has 0 radical (unpaired) electrons. The van der Waals surface area contributed by atoms with Gasteiger partial charge >= 0.3 is 6.18 Å². The highest BCUT2D eigenvalue weighted by Crippen LogP contribution is 2.31. The van der Waals surface area contributed by atoms with Crippen LogP contribution >= 0.6 is 0 Å². The van der Waals surface area contributed by atoms with E-state index in [1.165, 1.54) is 12.1 Å². The van der Waals surface area contributed by atoms with Crippen molar-refractivity contribution in [2.75, 3.05) is 0 Å². The Labute approximate surface area is 173 Å². The van der Waals surface area contributed by atoms with E-state index in [1.807, 2.05) is 24.3 Å². The van der Waals surface area contributed by atoms with Crippen molar-refractivity contribution in [3.05, 3.63) is 65.7 Å². The number of halogens is 3. The zero-order valence-electron chi connectivity index (χ0n) is 16.0. The van der Waals surface area contributed by atoms with Crippen LogP contribution in [0, 0.1) is 11.3 Å². The number of alkyl halides is 3. The number of aryl methyl sites for hydroxylation is 1. The van der Waals surface area contributed by atoms with Crippen LogP contribution in [0.5, 0.6) is 0 Å². The number of tetrazole rings is 1. The van der Waals surface area contributed by atoms with Crippen molar-refractivity contribution >= 4 is 16.6 Å². The highest BCUT2D eigenvalue weighted by atomic mass is 19.4. The summed E-state index contributed by atoms with van der Waals surface area (Å²) in [5, 5.41) is 31.6. The number of rotatable bonds is 4. The van der Waals surface area contributed by atoms with Gasteiger partial charge in [0, 0.05) is 12.6 Å². The molecule has 4 aromatic rings. The molecule has 2 heterocycles. The first-order chi connectivity index (χ1) is 14.8. The average molecular weight is 425 g/mol. The lowest BCUT2D eigenvalue weighted by atomic mass is 10.1. The predicted molar refractivity (Wildman–Crippen MR) is 104 cm³/mol. The molecule has 0 bridgehead atoms. The first-order valence-electron chi connectivity index (χ1n) is 8.97. The molecule has 0 aliphatic heterocycles. The maximum atomic E-state index is 12.9. The van der Waals surface area contributed by atoms with Gasteiger partial charge in [-0.25, -0.2) is 4.98 Å². The van der Waals surface area contributed by atoms with E-state index in [0.29, 0.717) is 5.52 Å². The summed E-state index contributed by atoms with van der Waals surface area (Å²) in [5.41, 5.74) is 0.657. The second-order valence-electron chi connectivity index (χ2n) is 6.64. The minimum Gasteiger partial charge on any atom is -0.509 e. The van der Waals surface area contributed by atoms with Crippen molar-refractivity contribution in [2.45, 2.75) is 12.7 Å². The van der Waals surface area contributed by atoms with Crippen molar-refractivity contribution in [3.8, 4) is 17.5 Å². The van der Waals surface area contributed by atoms with Crippen molar-refractivity contribution in [1.29, 1.82) is 5.26 Å². The molecule has 2 aromatic heterocycles. The van der Waals surface area contributed by atoms with Gasteiger partial charge in [0.25, 0.3) is 0 Å². The fourth-order valence-corrected chi connectivity index (χ4v) is 3.09. The quantitative estimate of drug-likeness (QED) is 0.394. The van der Waals surface area contributed by atoms with E-state index in [4.69, 9.17) is 0 Å². The minimum absolute atomic E-state index is 0.0415. The van der Waals surface area contributed by atoms with Crippen LogP contribution in [0.15, 0.2) is 54.3 Å². The molecule has 0 aliphatic rings. The number of para-hydroxylation sites is 2. The molecular weight excluding hydrogens is 411 g/mol. The summed E-state index contributed by atoms with van der Waals surface area (Å²) >= 11 is 0. The normalized spacial score (nSPS) is 12.6. The number of nitrogens with zero attached hydrogens (tertiary/aromatic N) is 7. The molecule has 156 valence electrons. The number of aliphatic hydroxyl groups is 1. The predicted octanol–water partition coefficient (Wildman–Crippen LogP) is 3.74. The van der Waals surface area contributed by atoms with Gasteiger partial charge in [-0.1, -0.05) is 24.3 Å². The number of aromatic nitrogens is 6. The molecule has 1 N–H and O–H groups in total. The number of imidazole rings is 1. The molecule has 2 aromatic carbocycles. The number of benzene rings is 2. The number of hydrogen-bond acceptors (Lipinski definition) is 6. The summed E-state index contributed by atoms with van der Waals surface area (Å²) in [6.45, 7) is -0.307. The molecule has 0 unspecified atom stereocenters. The Hall–Kier alpha value is -4.20. The van der Waals surface area contributed by atoms with Gasteiger partial charge in [-0.15, -0.1) is 10.2 Å². The second kappa shape index (κ2) is 7.56. The van der Waals surface area contributed by atoms with Crippen LogP contribution in [0.1, 0.15) is 11.4 Å². The van der Waals surface area contributed by atoms with Crippen molar-refractivity contribution < 1.29 is 18.3 Å². The molecular formula is C20H14F3N7O. The molecule has 0 spiro atoms. The largest absolute Gasteiger partial charge is 0.509 e. The van der Waals surface area contributed by atoms with Crippen LogP contribution in [0.3, 0.4) is 0 Å². The topological polar surface area (TPSA) is 105 Å². The Morgan fingerprint density at radius 2 is 1.94 bits per heavy atom. The van der Waals surface area contributed by atoms with E-state index >= 15 is 0 Å². The van der Waals surface area contributed by atoms with Crippen LogP contribution in [0.2, 0.25) is 0 Å². The van der Waals surface area contributed by atoms with Gasteiger partial charge in [0.2, 0.25) is 5.82 Å². The van der Waals surface area contributed by atoms with Gasteiger partial charge in [-0.05, 0) is 29.5 Å². The first kappa shape index (κ1) is 20.1. The van der Waals surface area contributed by atoms with Crippen LogP contribution in [-0.2, 0) is 19.8 Å². The standard InChI is InChI=1S/C20H14F3N7O/c1-29-16-8-3-2-7-15(16)25-19(29)14(10-24)17(31)11-30-27-18(26-28-30)12-5-4-6-13(9-12)20(21,22)23/h2-9,31H,11H2,1H3/b17-14+. The average Bonchev–Trinajstić information content (AvgIpc) is 3.33. The third kappa shape index (κ3) is 3.83. The second-order valence-corrected chi connectivity index (χ2v) is 6.64. The number of hydrogen-bond donors (Lipinski definition) is 1. The molecule has 0 saturated carbocycles. The molecule has 0 atom stereocenters. The summed E-state index contributed by atoms with van der Waals surface area (Å²) in [4.78, 5) is 5.37. The Morgan fingerprint density at radius 3 is 2.65 bits per heavy atom. The third-order valence-electron chi connectivity index (χ3n) is 4.60. The van der Waals surface area contributed by atoms with Crippen molar-refractivity contribution in [1.82, 2.24) is 29.8 Å². The van der Waals surface area contributed by atoms with E-state index in [-0.39, 0.29) is 35.1 Å². The number of nitriles is 1. The highest BCUT2D eigenvalue weighted by Gasteiger charge is 2.30. The van der Waals surface area contributed by atoms with E-state index in [0.717, 1.165) is 22.4 Å². The molecule has 31 heavy (non-hydrogen) atoms. The molecule has 4 rings (SSSR count). The summed E-state index contributed by atoms with van der Waals surface area (Å²) in [7, 11) is 1.72. The first-order valence-corrected chi connectivity index (χ1v) is 8.97. The Kier molecular flexibility index (Phi) is 4.90. The van der Waals surface area contributed by atoms with E-state index in [2.05, 4.69) is 20.4 Å². The molecule has 0 fully saturated rings.